The van der Waals surface area contributed by atoms with Gasteiger partial charge in [0.15, 0.2) is 0 Å². The first-order valence-corrected chi connectivity index (χ1v) is 8.24. The summed E-state index contributed by atoms with van der Waals surface area (Å²) in [6.07, 6.45) is 2.04. The molecule has 2 heterocycles. The third-order valence-electron chi connectivity index (χ3n) is 5.27. The number of carbonyl (C=O) groups excluding carboxylic acids is 1. The number of methoxy groups -OCH3 is 1. The van der Waals surface area contributed by atoms with Crippen molar-refractivity contribution in [2.24, 2.45) is 5.41 Å². The van der Waals surface area contributed by atoms with Crippen molar-refractivity contribution in [3.8, 4) is 5.75 Å². The van der Waals surface area contributed by atoms with Gasteiger partial charge in [-0.1, -0.05) is 12.1 Å². The highest BCUT2D eigenvalue weighted by atomic mass is 16.5. The lowest BCUT2D eigenvalue weighted by Gasteiger charge is -2.37. The van der Waals surface area contributed by atoms with E-state index >= 15 is 0 Å². The maximum absolute atomic E-state index is 13.1. The molecule has 22 heavy (non-hydrogen) atoms. The van der Waals surface area contributed by atoms with Crippen LogP contribution in [0.4, 0.5) is 0 Å². The third kappa shape index (κ3) is 2.39. The van der Waals surface area contributed by atoms with Crippen LogP contribution >= 0.6 is 0 Å². The van der Waals surface area contributed by atoms with E-state index in [2.05, 4.69) is 36.2 Å². The fourth-order valence-corrected chi connectivity index (χ4v) is 4.03. The number of piperidine rings is 1. The second-order valence-electron chi connectivity index (χ2n) is 6.82. The maximum Gasteiger partial charge on any atom is 0.231 e. The molecule has 0 aliphatic carbocycles. The Morgan fingerprint density at radius 2 is 2.23 bits per heavy atom. The molecule has 4 heteroatoms. The van der Waals surface area contributed by atoms with Crippen molar-refractivity contribution in [1.82, 2.24) is 10.2 Å². The molecule has 120 valence electrons. The zero-order valence-electron chi connectivity index (χ0n) is 13.8. The number of nitrogens with zero attached hydrogens (tertiary/aromatic N) is 1. The number of ether oxygens (including phenoxy) is 1. The molecule has 0 unspecified atom stereocenters. The van der Waals surface area contributed by atoms with Crippen LogP contribution < -0.4 is 10.1 Å². The van der Waals surface area contributed by atoms with Crippen molar-refractivity contribution in [1.29, 1.82) is 0 Å². The van der Waals surface area contributed by atoms with Crippen LogP contribution in [0.1, 0.15) is 38.2 Å². The standard InChI is InChI=1S/C18H26N2O2/c1-13(2)20-11-16(14-6-4-7-15(10-14)22-3)18(17(20)21)8-5-9-19-12-18/h4,6-7,10,13,16,19H,5,8-9,11-12H2,1-3H3/t16-,18-/m0/s1. The zero-order valence-corrected chi connectivity index (χ0v) is 13.8. The topological polar surface area (TPSA) is 41.6 Å². The van der Waals surface area contributed by atoms with E-state index in [0.717, 1.165) is 38.2 Å². The molecule has 2 aliphatic rings. The second-order valence-corrected chi connectivity index (χ2v) is 6.82. The predicted molar refractivity (Wildman–Crippen MR) is 87.1 cm³/mol. The third-order valence-corrected chi connectivity index (χ3v) is 5.27. The van der Waals surface area contributed by atoms with E-state index in [1.54, 1.807) is 7.11 Å². The van der Waals surface area contributed by atoms with Gasteiger partial charge < -0.3 is 15.0 Å². The minimum Gasteiger partial charge on any atom is -0.497 e. The van der Waals surface area contributed by atoms with Gasteiger partial charge in [-0.3, -0.25) is 4.79 Å². The molecule has 2 aliphatic heterocycles. The number of hydrogen-bond acceptors (Lipinski definition) is 3. The average molecular weight is 302 g/mol. The van der Waals surface area contributed by atoms with Gasteiger partial charge in [0.2, 0.25) is 5.91 Å². The summed E-state index contributed by atoms with van der Waals surface area (Å²) in [5.41, 5.74) is 0.939. The first-order valence-electron chi connectivity index (χ1n) is 8.24. The smallest absolute Gasteiger partial charge is 0.231 e. The Hall–Kier alpha value is -1.55. The van der Waals surface area contributed by atoms with E-state index in [1.165, 1.54) is 5.56 Å². The average Bonchev–Trinajstić information content (AvgIpc) is 2.81. The van der Waals surface area contributed by atoms with Gasteiger partial charge in [0.1, 0.15) is 5.75 Å². The molecule has 4 nitrogen and oxygen atoms in total. The lowest BCUT2D eigenvalue weighted by molar-refractivity contribution is -0.138. The fraction of sp³-hybridized carbons (Fsp3) is 0.611. The van der Waals surface area contributed by atoms with Gasteiger partial charge in [-0.2, -0.15) is 0 Å². The van der Waals surface area contributed by atoms with Gasteiger partial charge in [-0.15, -0.1) is 0 Å². The molecule has 1 amide bonds. The molecule has 1 aromatic carbocycles. The van der Waals surface area contributed by atoms with Gasteiger partial charge in [0, 0.05) is 25.0 Å². The van der Waals surface area contributed by atoms with E-state index in [4.69, 9.17) is 4.74 Å². The van der Waals surface area contributed by atoms with Gasteiger partial charge in [0.05, 0.1) is 12.5 Å². The first kappa shape index (κ1) is 15.3. The molecule has 2 fully saturated rings. The van der Waals surface area contributed by atoms with Crippen molar-refractivity contribution < 1.29 is 9.53 Å². The van der Waals surface area contributed by atoms with E-state index in [-0.39, 0.29) is 17.4 Å². The van der Waals surface area contributed by atoms with Crippen LogP contribution in [0.5, 0.6) is 5.75 Å². The highest BCUT2D eigenvalue weighted by molar-refractivity contribution is 5.87. The van der Waals surface area contributed by atoms with Crippen molar-refractivity contribution in [3.63, 3.8) is 0 Å². The fourth-order valence-electron chi connectivity index (χ4n) is 4.03. The monoisotopic (exact) mass is 302 g/mol. The molecule has 0 aromatic heterocycles. The van der Waals surface area contributed by atoms with Crippen LogP contribution in [0.3, 0.4) is 0 Å². The van der Waals surface area contributed by atoms with E-state index in [0.29, 0.717) is 5.91 Å². The molecule has 0 bridgehead atoms. The first-order chi connectivity index (χ1) is 10.6. The molecular weight excluding hydrogens is 276 g/mol. The van der Waals surface area contributed by atoms with Gasteiger partial charge in [-0.25, -0.2) is 0 Å². The SMILES string of the molecule is COc1cccc([C@@H]2CN(C(C)C)C(=O)[C@]23CCCNC3)c1. The lowest BCUT2D eigenvalue weighted by Crippen LogP contribution is -2.48. The normalized spacial score (nSPS) is 28.6. The molecular formula is C18H26N2O2. The molecule has 1 N–H and O–H groups in total. The summed E-state index contributed by atoms with van der Waals surface area (Å²) in [4.78, 5) is 15.2. The second kappa shape index (κ2) is 5.92. The molecule has 1 aromatic rings. The quantitative estimate of drug-likeness (QED) is 0.932. The summed E-state index contributed by atoms with van der Waals surface area (Å²) in [6, 6.07) is 8.48. The van der Waals surface area contributed by atoms with Crippen molar-refractivity contribution in [2.45, 2.75) is 38.6 Å². The maximum atomic E-state index is 13.1. The Labute approximate surface area is 132 Å². The van der Waals surface area contributed by atoms with Gasteiger partial charge >= 0.3 is 0 Å². The van der Waals surface area contributed by atoms with Crippen LogP contribution in [0, 0.1) is 5.41 Å². The Morgan fingerprint density at radius 3 is 2.86 bits per heavy atom. The summed E-state index contributed by atoms with van der Waals surface area (Å²) in [5, 5.41) is 3.46. The summed E-state index contributed by atoms with van der Waals surface area (Å²) >= 11 is 0. The Morgan fingerprint density at radius 1 is 1.41 bits per heavy atom. The number of carbonyl (C=O) groups is 1. The van der Waals surface area contributed by atoms with Crippen molar-refractivity contribution in [2.75, 3.05) is 26.7 Å². The zero-order chi connectivity index (χ0) is 15.7. The molecule has 0 radical (unpaired) electrons. The van der Waals surface area contributed by atoms with Crippen molar-refractivity contribution >= 4 is 5.91 Å². The van der Waals surface area contributed by atoms with Crippen LogP contribution in [-0.2, 0) is 4.79 Å². The number of benzene rings is 1. The number of amides is 1. The van der Waals surface area contributed by atoms with Crippen LogP contribution in [0.25, 0.3) is 0 Å². The number of nitrogens with one attached hydrogen (secondary N) is 1. The molecule has 2 atom stereocenters. The van der Waals surface area contributed by atoms with Crippen molar-refractivity contribution in [3.05, 3.63) is 29.8 Å². The minimum absolute atomic E-state index is 0.241. The van der Waals surface area contributed by atoms with Crippen LogP contribution in [-0.4, -0.2) is 43.6 Å². The number of likely N-dealkylation sites (tertiary alicyclic amines) is 1. The van der Waals surface area contributed by atoms with Crippen LogP contribution in [0.2, 0.25) is 0 Å². The van der Waals surface area contributed by atoms with Gasteiger partial charge in [0.25, 0.3) is 0 Å². The Balaban J connectivity index is 2.01. The molecule has 1 spiro atoms. The van der Waals surface area contributed by atoms with E-state index in [9.17, 15) is 4.79 Å². The summed E-state index contributed by atoms with van der Waals surface area (Å²) in [5.74, 6) is 1.43. The Bertz CT molecular complexity index is 550. The predicted octanol–water partition coefficient (Wildman–Crippen LogP) is 2.40. The summed E-state index contributed by atoms with van der Waals surface area (Å²) < 4.78 is 5.38. The summed E-state index contributed by atoms with van der Waals surface area (Å²) in [6.45, 7) is 6.83. The minimum atomic E-state index is -0.283. The Kier molecular flexibility index (Phi) is 4.13. The van der Waals surface area contributed by atoms with E-state index in [1.807, 2.05) is 12.1 Å². The molecule has 2 saturated heterocycles. The highest BCUT2D eigenvalue weighted by Gasteiger charge is 2.54. The molecule has 3 rings (SSSR count). The lowest BCUT2D eigenvalue weighted by atomic mass is 9.69. The number of hydrogen-bond donors (Lipinski definition) is 1. The summed E-state index contributed by atoms with van der Waals surface area (Å²) in [7, 11) is 1.69. The van der Waals surface area contributed by atoms with E-state index < -0.39 is 0 Å². The van der Waals surface area contributed by atoms with Gasteiger partial charge in [-0.05, 0) is 50.9 Å². The number of rotatable bonds is 3. The molecule has 0 saturated carbocycles. The largest absolute Gasteiger partial charge is 0.497 e. The highest BCUT2D eigenvalue weighted by Crippen LogP contribution is 2.48. The van der Waals surface area contributed by atoms with Crippen LogP contribution in [0.15, 0.2) is 24.3 Å².